The van der Waals surface area contributed by atoms with Crippen LogP contribution in [0, 0.1) is 11.8 Å². The molecule has 0 aromatic carbocycles. The molecule has 0 aromatic rings. The summed E-state index contributed by atoms with van der Waals surface area (Å²) in [6, 6.07) is 0. The van der Waals surface area contributed by atoms with Crippen molar-refractivity contribution in [1.82, 2.24) is 0 Å². The second kappa shape index (κ2) is 3.43. The Kier molecular flexibility index (Phi) is 3.35. The number of alkyl halides is 3. The number of aliphatic hydroxyl groups is 1. The lowest BCUT2D eigenvalue weighted by Crippen LogP contribution is -2.36. The molecule has 0 aromatic heterocycles. The van der Waals surface area contributed by atoms with Crippen molar-refractivity contribution in [3.63, 3.8) is 0 Å². The Labute approximate surface area is 64.2 Å². The molecule has 0 saturated carbocycles. The average molecular weight is 170 g/mol. The van der Waals surface area contributed by atoms with Crippen molar-refractivity contribution < 1.29 is 18.3 Å². The fourth-order valence-corrected chi connectivity index (χ4v) is 0.663. The molecule has 68 valence electrons. The maximum absolute atomic E-state index is 11.8. The van der Waals surface area contributed by atoms with Crippen molar-refractivity contribution in [3.8, 4) is 0 Å². The first kappa shape index (κ1) is 10.8. The van der Waals surface area contributed by atoms with Crippen LogP contribution in [0.4, 0.5) is 13.2 Å². The van der Waals surface area contributed by atoms with Crippen LogP contribution in [0.3, 0.4) is 0 Å². The van der Waals surface area contributed by atoms with E-state index in [4.69, 9.17) is 5.11 Å². The summed E-state index contributed by atoms with van der Waals surface area (Å²) in [5.41, 5.74) is 0. The van der Waals surface area contributed by atoms with Gasteiger partial charge in [0, 0.05) is 0 Å². The summed E-state index contributed by atoms with van der Waals surface area (Å²) in [4.78, 5) is 0. The predicted octanol–water partition coefficient (Wildman–Crippen LogP) is 2.20. The topological polar surface area (TPSA) is 20.2 Å². The molecule has 0 bridgehead atoms. The van der Waals surface area contributed by atoms with Crippen LogP contribution in [0.5, 0.6) is 0 Å². The number of hydrogen-bond donors (Lipinski definition) is 1. The molecule has 0 radical (unpaired) electrons. The van der Waals surface area contributed by atoms with E-state index < -0.39 is 18.2 Å². The lowest BCUT2D eigenvalue weighted by atomic mass is 9.92. The van der Waals surface area contributed by atoms with Gasteiger partial charge in [0.05, 0.1) is 0 Å². The zero-order valence-corrected chi connectivity index (χ0v) is 6.81. The Balaban J connectivity index is 4.13. The van der Waals surface area contributed by atoms with Gasteiger partial charge >= 0.3 is 6.18 Å². The summed E-state index contributed by atoms with van der Waals surface area (Å²) in [6.45, 7) is 4.70. The molecular formula is C7H13F3O. The van der Waals surface area contributed by atoms with Gasteiger partial charge in [0.25, 0.3) is 0 Å². The fourth-order valence-electron chi connectivity index (χ4n) is 0.663. The van der Waals surface area contributed by atoms with Crippen molar-refractivity contribution in [3.05, 3.63) is 0 Å². The number of aliphatic hydroxyl groups excluding tert-OH is 1. The van der Waals surface area contributed by atoms with Crippen LogP contribution in [-0.2, 0) is 0 Å². The van der Waals surface area contributed by atoms with Gasteiger partial charge in [-0.15, -0.1) is 0 Å². The van der Waals surface area contributed by atoms with Gasteiger partial charge in [0.1, 0.15) is 0 Å². The van der Waals surface area contributed by atoms with Crippen molar-refractivity contribution in [1.29, 1.82) is 0 Å². The van der Waals surface area contributed by atoms with Crippen molar-refractivity contribution in [2.24, 2.45) is 11.8 Å². The molecule has 0 rings (SSSR count). The number of rotatable bonds is 2. The third kappa shape index (κ3) is 3.10. The standard InChI is InChI=1S/C7H13F3O/c1-4(2)5(3)6(11)7(8,9)10/h4-6,11H,1-3H3/t5-,6+/m0/s1. The predicted molar refractivity (Wildman–Crippen MR) is 36.1 cm³/mol. The molecule has 2 atom stereocenters. The van der Waals surface area contributed by atoms with Crippen LogP contribution in [-0.4, -0.2) is 17.4 Å². The molecule has 1 nitrogen and oxygen atoms in total. The minimum absolute atomic E-state index is 0.161. The minimum Gasteiger partial charge on any atom is -0.383 e. The van der Waals surface area contributed by atoms with Crippen molar-refractivity contribution in [2.45, 2.75) is 33.1 Å². The smallest absolute Gasteiger partial charge is 0.383 e. The Morgan fingerprint density at radius 3 is 1.55 bits per heavy atom. The quantitative estimate of drug-likeness (QED) is 0.673. The molecule has 0 aliphatic heterocycles. The summed E-state index contributed by atoms with van der Waals surface area (Å²) in [5, 5.41) is 8.70. The Morgan fingerprint density at radius 1 is 1.09 bits per heavy atom. The number of halogens is 3. The average Bonchev–Trinajstić information content (AvgIpc) is 1.82. The van der Waals surface area contributed by atoms with E-state index in [0.717, 1.165) is 0 Å². The molecular weight excluding hydrogens is 157 g/mol. The maximum atomic E-state index is 11.8. The summed E-state index contributed by atoms with van der Waals surface area (Å²) >= 11 is 0. The van der Waals surface area contributed by atoms with Gasteiger partial charge in [-0.1, -0.05) is 20.8 Å². The second-order valence-corrected chi connectivity index (χ2v) is 3.09. The minimum atomic E-state index is -4.48. The van der Waals surface area contributed by atoms with E-state index in [0.29, 0.717) is 0 Å². The van der Waals surface area contributed by atoms with Crippen LogP contribution in [0.1, 0.15) is 20.8 Å². The third-order valence-electron chi connectivity index (χ3n) is 1.88. The Hall–Kier alpha value is -0.250. The first-order chi connectivity index (χ1) is 4.76. The third-order valence-corrected chi connectivity index (χ3v) is 1.88. The first-order valence-electron chi connectivity index (χ1n) is 3.51. The summed E-state index contributed by atoms with van der Waals surface area (Å²) < 4.78 is 35.4. The van der Waals surface area contributed by atoms with Gasteiger partial charge in [-0.05, 0) is 11.8 Å². The first-order valence-corrected chi connectivity index (χ1v) is 3.51. The largest absolute Gasteiger partial charge is 0.414 e. The van der Waals surface area contributed by atoms with Crippen molar-refractivity contribution >= 4 is 0 Å². The van der Waals surface area contributed by atoms with Crippen LogP contribution in [0.15, 0.2) is 0 Å². The monoisotopic (exact) mass is 170 g/mol. The zero-order valence-electron chi connectivity index (χ0n) is 6.81. The molecule has 0 unspecified atom stereocenters. The lowest BCUT2D eigenvalue weighted by Gasteiger charge is -2.23. The van der Waals surface area contributed by atoms with Gasteiger partial charge in [-0.25, -0.2) is 0 Å². The highest BCUT2D eigenvalue weighted by Crippen LogP contribution is 2.28. The normalized spacial score (nSPS) is 18.5. The molecule has 4 heteroatoms. The lowest BCUT2D eigenvalue weighted by molar-refractivity contribution is -0.221. The van der Waals surface area contributed by atoms with Crippen LogP contribution in [0.25, 0.3) is 0 Å². The van der Waals surface area contributed by atoms with Crippen LogP contribution < -0.4 is 0 Å². The summed E-state index contributed by atoms with van der Waals surface area (Å²) in [7, 11) is 0. The van der Waals surface area contributed by atoms with E-state index in [1.165, 1.54) is 6.92 Å². The van der Waals surface area contributed by atoms with E-state index >= 15 is 0 Å². The highest BCUT2D eigenvalue weighted by atomic mass is 19.4. The van der Waals surface area contributed by atoms with E-state index in [1.807, 2.05) is 0 Å². The SMILES string of the molecule is CC(C)[C@H](C)[C@@H](O)C(F)(F)F. The zero-order chi connectivity index (χ0) is 9.23. The molecule has 1 N–H and O–H groups in total. The number of hydrogen-bond acceptors (Lipinski definition) is 1. The van der Waals surface area contributed by atoms with Gasteiger partial charge in [0.15, 0.2) is 6.10 Å². The van der Waals surface area contributed by atoms with Gasteiger partial charge in [-0.2, -0.15) is 13.2 Å². The van der Waals surface area contributed by atoms with E-state index in [2.05, 4.69) is 0 Å². The summed E-state index contributed by atoms with van der Waals surface area (Å²) in [5.74, 6) is -0.901. The summed E-state index contributed by atoms with van der Waals surface area (Å²) in [6.07, 6.45) is -6.67. The molecule has 11 heavy (non-hydrogen) atoms. The molecule has 0 heterocycles. The Morgan fingerprint density at radius 2 is 1.45 bits per heavy atom. The fraction of sp³-hybridized carbons (Fsp3) is 1.00. The molecule has 0 amide bonds. The van der Waals surface area contributed by atoms with Crippen LogP contribution in [0.2, 0.25) is 0 Å². The molecule has 0 saturated heterocycles. The van der Waals surface area contributed by atoms with Gasteiger partial charge in [-0.3, -0.25) is 0 Å². The van der Waals surface area contributed by atoms with Gasteiger partial charge < -0.3 is 5.11 Å². The maximum Gasteiger partial charge on any atom is 0.414 e. The molecule has 0 spiro atoms. The van der Waals surface area contributed by atoms with Crippen LogP contribution >= 0.6 is 0 Å². The molecule has 0 aliphatic carbocycles. The Bertz CT molecular complexity index is 119. The van der Waals surface area contributed by atoms with E-state index in [-0.39, 0.29) is 5.92 Å². The molecule has 0 aliphatic rings. The second-order valence-electron chi connectivity index (χ2n) is 3.09. The highest BCUT2D eigenvalue weighted by Gasteiger charge is 2.42. The molecule has 0 fully saturated rings. The van der Waals surface area contributed by atoms with Gasteiger partial charge in [0.2, 0.25) is 0 Å². The highest BCUT2D eigenvalue weighted by molar-refractivity contribution is 4.73. The van der Waals surface area contributed by atoms with Crippen molar-refractivity contribution in [2.75, 3.05) is 0 Å². The van der Waals surface area contributed by atoms with E-state index in [1.54, 1.807) is 13.8 Å². The van der Waals surface area contributed by atoms with E-state index in [9.17, 15) is 13.2 Å².